The van der Waals surface area contributed by atoms with Crippen LogP contribution >= 0.6 is 23.2 Å². The Morgan fingerprint density at radius 1 is 1.00 bits per heavy atom. The van der Waals surface area contributed by atoms with Crippen molar-refractivity contribution in [1.82, 2.24) is 9.97 Å². The number of halogens is 2. The molecule has 0 bridgehead atoms. The first kappa shape index (κ1) is 9.44. The molecule has 0 radical (unpaired) electrons. The third-order valence-corrected chi connectivity index (χ3v) is 2.32. The summed E-state index contributed by atoms with van der Waals surface area (Å²) >= 11 is 10.9. The third-order valence-electron chi connectivity index (χ3n) is 1.81. The van der Waals surface area contributed by atoms with Crippen LogP contribution in [0, 0.1) is 0 Å². The lowest BCUT2D eigenvalue weighted by Crippen LogP contribution is -1.89. The van der Waals surface area contributed by atoms with E-state index in [9.17, 15) is 0 Å². The van der Waals surface area contributed by atoms with Gasteiger partial charge in [-0.15, -0.1) is 0 Å². The minimum Gasteiger partial charge on any atom is -0.227 e. The van der Waals surface area contributed by atoms with Gasteiger partial charge in [0.1, 0.15) is 0 Å². The molecular weight excluding hydrogens is 219 g/mol. The van der Waals surface area contributed by atoms with Crippen LogP contribution in [0.15, 0.2) is 36.7 Å². The largest absolute Gasteiger partial charge is 0.227 e. The molecule has 0 saturated heterocycles. The Morgan fingerprint density at radius 2 is 1.71 bits per heavy atom. The third kappa shape index (κ3) is 1.86. The van der Waals surface area contributed by atoms with Crippen molar-refractivity contribution < 1.29 is 0 Å². The summed E-state index contributed by atoms with van der Waals surface area (Å²) in [6, 6.07) is 7.77. The Hall–Kier alpha value is -1.12. The van der Waals surface area contributed by atoms with Crippen LogP contribution < -0.4 is 0 Å². The van der Waals surface area contributed by atoms with E-state index >= 15 is 0 Å². The molecule has 2 aliphatic rings. The summed E-state index contributed by atoms with van der Waals surface area (Å²) in [6.45, 7) is 0. The van der Waals surface area contributed by atoms with E-state index in [2.05, 4.69) is 16.0 Å². The van der Waals surface area contributed by atoms with Gasteiger partial charge >= 0.3 is 0 Å². The average molecular weight is 225 g/mol. The lowest BCUT2D eigenvalue weighted by molar-refractivity contribution is 1.17. The molecule has 70 valence electrons. The lowest BCUT2D eigenvalue weighted by atomic mass is 9.94. The molecule has 0 N–H and O–H groups in total. The molecule has 0 atom stereocenters. The summed E-state index contributed by atoms with van der Waals surface area (Å²) in [6.07, 6.45) is 3.19. The first-order valence-corrected chi connectivity index (χ1v) is 4.75. The SMILES string of the molecule is Clc1cc2ccc1-2.Clc1ncccn1. The molecule has 3 rings (SSSR count). The van der Waals surface area contributed by atoms with E-state index in [1.807, 2.05) is 12.1 Å². The maximum Gasteiger partial charge on any atom is 0.222 e. The lowest BCUT2D eigenvalue weighted by Gasteiger charge is -2.15. The summed E-state index contributed by atoms with van der Waals surface area (Å²) in [5.41, 5.74) is 2.55. The second-order valence-corrected chi connectivity index (χ2v) is 3.46. The Labute approximate surface area is 91.5 Å². The molecule has 2 aliphatic carbocycles. The average Bonchev–Trinajstić information content (AvgIpc) is 2.16. The number of aromatic nitrogens is 2. The molecule has 14 heavy (non-hydrogen) atoms. The van der Waals surface area contributed by atoms with E-state index in [1.54, 1.807) is 18.5 Å². The van der Waals surface area contributed by atoms with Crippen molar-refractivity contribution in [2.24, 2.45) is 0 Å². The fraction of sp³-hybridized carbons (Fsp3) is 0. The molecule has 1 aromatic rings. The van der Waals surface area contributed by atoms with Crippen LogP contribution in [0.25, 0.3) is 11.1 Å². The van der Waals surface area contributed by atoms with E-state index in [4.69, 9.17) is 23.2 Å². The minimum atomic E-state index is 0.294. The van der Waals surface area contributed by atoms with Gasteiger partial charge in [0.15, 0.2) is 0 Å². The second-order valence-electron chi connectivity index (χ2n) is 2.71. The first-order valence-electron chi connectivity index (χ1n) is 4.00. The molecule has 0 saturated carbocycles. The summed E-state index contributed by atoms with van der Waals surface area (Å²) in [7, 11) is 0. The van der Waals surface area contributed by atoms with Crippen LogP contribution in [0.2, 0.25) is 10.3 Å². The number of hydrogen-bond donors (Lipinski definition) is 0. The first-order chi connectivity index (χ1) is 6.77. The molecule has 0 fully saturated rings. The molecule has 2 nitrogen and oxygen atoms in total. The highest BCUT2D eigenvalue weighted by atomic mass is 35.5. The van der Waals surface area contributed by atoms with Gasteiger partial charge in [0.25, 0.3) is 0 Å². The van der Waals surface area contributed by atoms with Crippen LogP contribution in [0.4, 0.5) is 0 Å². The Balaban J connectivity index is 0.000000107. The van der Waals surface area contributed by atoms with Gasteiger partial charge in [-0.05, 0) is 29.3 Å². The van der Waals surface area contributed by atoms with Crippen LogP contribution in [-0.4, -0.2) is 9.97 Å². The van der Waals surface area contributed by atoms with Crippen molar-refractivity contribution in [1.29, 1.82) is 0 Å². The Kier molecular flexibility index (Phi) is 2.66. The topological polar surface area (TPSA) is 25.8 Å². The second kappa shape index (κ2) is 3.95. The molecule has 0 aromatic carbocycles. The number of benzene rings is 1. The quantitative estimate of drug-likeness (QED) is 0.547. The van der Waals surface area contributed by atoms with Crippen LogP contribution in [-0.2, 0) is 0 Å². The molecule has 0 aliphatic heterocycles. The summed E-state index contributed by atoms with van der Waals surface area (Å²) in [5.74, 6) is 0. The predicted octanol–water partition coefficient (Wildman–Crippen LogP) is 3.45. The number of hydrogen-bond acceptors (Lipinski definition) is 2. The van der Waals surface area contributed by atoms with Crippen LogP contribution in [0.5, 0.6) is 0 Å². The van der Waals surface area contributed by atoms with Crippen molar-refractivity contribution in [3.8, 4) is 11.1 Å². The fourth-order valence-electron chi connectivity index (χ4n) is 1.02. The van der Waals surface area contributed by atoms with Gasteiger partial charge in [-0.2, -0.15) is 0 Å². The molecule has 0 unspecified atom stereocenters. The van der Waals surface area contributed by atoms with Gasteiger partial charge in [-0.3, -0.25) is 0 Å². The summed E-state index contributed by atoms with van der Waals surface area (Å²) in [5, 5.41) is 1.21. The van der Waals surface area contributed by atoms with Crippen LogP contribution in [0.3, 0.4) is 0 Å². The van der Waals surface area contributed by atoms with Crippen molar-refractivity contribution in [2.75, 3.05) is 0 Å². The number of fused-ring (bicyclic) bond motifs is 1. The van der Waals surface area contributed by atoms with E-state index < -0.39 is 0 Å². The van der Waals surface area contributed by atoms with Crippen LogP contribution in [0.1, 0.15) is 0 Å². The molecule has 1 aromatic heterocycles. The van der Waals surface area contributed by atoms with E-state index in [1.165, 1.54) is 11.1 Å². The zero-order valence-corrected chi connectivity index (χ0v) is 8.63. The standard InChI is InChI=1S/C6H3Cl.C4H3ClN2/c7-6-3-4-1-2-5(4)6;5-4-6-2-1-3-7-4/h2*1-3H. The maximum atomic E-state index is 5.60. The number of rotatable bonds is 0. The van der Waals surface area contributed by atoms with Gasteiger partial charge in [-0.25, -0.2) is 9.97 Å². The monoisotopic (exact) mass is 224 g/mol. The van der Waals surface area contributed by atoms with Gasteiger partial charge in [0, 0.05) is 23.0 Å². The molecular formula is C10H6Cl2N2. The summed E-state index contributed by atoms with van der Waals surface area (Å²) in [4.78, 5) is 7.27. The molecule has 0 amide bonds. The van der Waals surface area contributed by atoms with Gasteiger partial charge in [-0.1, -0.05) is 23.7 Å². The zero-order valence-electron chi connectivity index (χ0n) is 7.11. The summed E-state index contributed by atoms with van der Waals surface area (Å²) < 4.78 is 0. The highest BCUT2D eigenvalue weighted by molar-refractivity contribution is 6.35. The van der Waals surface area contributed by atoms with Crippen molar-refractivity contribution in [3.63, 3.8) is 0 Å². The van der Waals surface area contributed by atoms with E-state index in [0.29, 0.717) is 5.28 Å². The van der Waals surface area contributed by atoms with Gasteiger partial charge < -0.3 is 0 Å². The highest BCUT2D eigenvalue weighted by Gasteiger charge is 2.13. The van der Waals surface area contributed by atoms with Crippen molar-refractivity contribution in [2.45, 2.75) is 0 Å². The smallest absolute Gasteiger partial charge is 0.222 e. The molecule has 1 heterocycles. The van der Waals surface area contributed by atoms with Gasteiger partial charge in [0.2, 0.25) is 5.28 Å². The normalized spacial score (nSPS) is 10.1. The van der Waals surface area contributed by atoms with Gasteiger partial charge in [0.05, 0.1) is 0 Å². The Morgan fingerprint density at radius 3 is 1.86 bits per heavy atom. The zero-order chi connectivity index (χ0) is 9.97. The van der Waals surface area contributed by atoms with E-state index in [-0.39, 0.29) is 0 Å². The fourth-order valence-corrected chi connectivity index (χ4v) is 1.43. The minimum absolute atomic E-state index is 0.294. The van der Waals surface area contributed by atoms with Crippen molar-refractivity contribution >= 4 is 23.2 Å². The maximum absolute atomic E-state index is 5.60. The van der Waals surface area contributed by atoms with Crippen molar-refractivity contribution in [3.05, 3.63) is 47.0 Å². The molecule has 4 heteroatoms. The molecule has 0 spiro atoms. The predicted molar refractivity (Wildman–Crippen MR) is 57.5 cm³/mol. The van der Waals surface area contributed by atoms with E-state index in [0.717, 1.165) is 5.02 Å². The number of nitrogens with zero attached hydrogens (tertiary/aromatic N) is 2. The Bertz CT molecular complexity index is 437. The highest BCUT2D eigenvalue weighted by Crippen LogP contribution is 2.39.